The van der Waals surface area contributed by atoms with Crippen LogP contribution in [0.15, 0.2) is 35.3 Å². The molecule has 0 aliphatic carbocycles. The Kier molecular flexibility index (Phi) is 11.6. The second kappa shape index (κ2) is 12.5. The molecule has 0 aliphatic rings. The molecule has 8 heteroatoms. The highest BCUT2D eigenvalue weighted by molar-refractivity contribution is 14.0. The zero-order chi connectivity index (χ0) is 18.7. The predicted molar refractivity (Wildman–Crippen MR) is 116 cm³/mol. The molecule has 146 valence electrons. The number of aliphatic imine (C=N–C) groups is 1. The van der Waals surface area contributed by atoms with Crippen LogP contribution in [0.2, 0.25) is 0 Å². The first kappa shape index (κ1) is 24.2. The van der Waals surface area contributed by atoms with Crippen molar-refractivity contribution in [3.8, 4) is 0 Å². The van der Waals surface area contributed by atoms with E-state index in [0.717, 1.165) is 0 Å². The fraction of sp³-hybridized carbons (Fsp3) is 0.500. The highest BCUT2D eigenvalue weighted by Gasteiger charge is 2.13. The highest BCUT2D eigenvalue weighted by atomic mass is 127. The molecule has 0 bridgehead atoms. The van der Waals surface area contributed by atoms with E-state index in [1.165, 1.54) is 0 Å². The van der Waals surface area contributed by atoms with E-state index in [0.29, 0.717) is 31.2 Å². The molecule has 0 atom stereocenters. The maximum Gasteiger partial charge on any atom is 0.251 e. The average Bonchev–Trinajstić information content (AvgIpc) is 2.55. The van der Waals surface area contributed by atoms with E-state index in [-0.39, 0.29) is 47.9 Å². The molecule has 0 radical (unpaired) electrons. The van der Waals surface area contributed by atoms with Crippen molar-refractivity contribution in [3.05, 3.63) is 35.9 Å². The summed E-state index contributed by atoms with van der Waals surface area (Å²) in [5, 5.41) is 11.8. The van der Waals surface area contributed by atoms with E-state index < -0.39 is 0 Å². The van der Waals surface area contributed by atoms with Crippen LogP contribution in [0.25, 0.3) is 0 Å². The number of amides is 2. The van der Waals surface area contributed by atoms with Gasteiger partial charge in [-0.1, -0.05) is 18.2 Å². The Labute approximate surface area is 172 Å². The third-order valence-electron chi connectivity index (χ3n) is 2.98. The molecule has 1 aromatic carbocycles. The first-order valence-electron chi connectivity index (χ1n) is 8.48. The molecular weight excluding hydrogens is 445 g/mol. The fourth-order valence-electron chi connectivity index (χ4n) is 2.00. The van der Waals surface area contributed by atoms with Crippen LogP contribution in [-0.2, 0) is 4.79 Å². The molecule has 0 unspecified atom stereocenters. The van der Waals surface area contributed by atoms with Crippen molar-refractivity contribution < 1.29 is 9.59 Å². The summed E-state index contributed by atoms with van der Waals surface area (Å²) in [5.41, 5.74) is 0.349. The topological polar surface area (TPSA) is 94.6 Å². The zero-order valence-electron chi connectivity index (χ0n) is 15.9. The first-order valence-corrected chi connectivity index (χ1v) is 8.48. The van der Waals surface area contributed by atoms with Crippen LogP contribution in [0.5, 0.6) is 0 Å². The molecule has 1 aromatic rings. The fourth-order valence-corrected chi connectivity index (χ4v) is 2.00. The van der Waals surface area contributed by atoms with Gasteiger partial charge in [0.2, 0.25) is 5.91 Å². The maximum atomic E-state index is 11.9. The standard InChI is InChI=1S/C18H29N5O2.HI/c1-5-19-17(22-13-15(24)23-18(2,3)4)21-12-11-20-16(25)14-9-7-6-8-10-14;/h6-10H,5,11-13H2,1-4H3,(H,20,25)(H,23,24)(H2,19,21,22);1H. The smallest absolute Gasteiger partial charge is 0.251 e. The second-order valence-electron chi connectivity index (χ2n) is 6.54. The summed E-state index contributed by atoms with van der Waals surface area (Å²) in [6.45, 7) is 9.40. The lowest BCUT2D eigenvalue weighted by Gasteiger charge is -2.20. The number of carbonyl (C=O) groups is 2. The lowest BCUT2D eigenvalue weighted by molar-refractivity contribution is -0.121. The predicted octanol–water partition coefficient (Wildman–Crippen LogP) is 1.50. The summed E-state index contributed by atoms with van der Waals surface area (Å²) < 4.78 is 0. The Morgan fingerprint density at radius 3 is 2.19 bits per heavy atom. The van der Waals surface area contributed by atoms with Gasteiger partial charge in [0.1, 0.15) is 6.54 Å². The third kappa shape index (κ3) is 10.9. The van der Waals surface area contributed by atoms with E-state index in [4.69, 9.17) is 0 Å². The number of hydrogen-bond donors (Lipinski definition) is 4. The highest BCUT2D eigenvalue weighted by Crippen LogP contribution is 1.98. The second-order valence-corrected chi connectivity index (χ2v) is 6.54. The maximum absolute atomic E-state index is 11.9. The quantitative estimate of drug-likeness (QED) is 0.208. The number of halogens is 1. The summed E-state index contributed by atoms with van der Waals surface area (Å²) in [4.78, 5) is 28.0. The largest absolute Gasteiger partial charge is 0.357 e. The Balaban J connectivity index is 0.00000625. The molecule has 1 rings (SSSR count). The minimum absolute atomic E-state index is 0. The van der Waals surface area contributed by atoms with E-state index in [1.54, 1.807) is 12.1 Å². The summed E-state index contributed by atoms with van der Waals surface area (Å²) in [6, 6.07) is 9.05. The normalized spacial score (nSPS) is 11.2. The molecule has 0 fully saturated rings. The minimum Gasteiger partial charge on any atom is -0.357 e. The number of nitrogens with one attached hydrogen (secondary N) is 4. The van der Waals surface area contributed by atoms with E-state index in [1.807, 2.05) is 45.9 Å². The Bertz CT molecular complexity index is 585. The van der Waals surface area contributed by atoms with Crippen LogP contribution < -0.4 is 21.3 Å². The SMILES string of the molecule is CCNC(=NCC(=O)NC(C)(C)C)NCCNC(=O)c1ccccc1.I. The van der Waals surface area contributed by atoms with Gasteiger partial charge in [-0.15, -0.1) is 24.0 Å². The van der Waals surface area contributed by atoms with Gasteiger partial charge in [-0.05, 0) is 39.8 Å². The van der Waals surface area contributed by atoms with E-state index in [9.17, 15) is 9.59 Å². The van der Waals surface area contributed by atoms with Gasteiger partial charge in [-0.3, -0.25) is 9.59 Å². The van der Waals surface area contributed by atoms with Crippen molar-refractivity contribution in [2.45, 2.75) is 33.2 Å². The Morgan fingerprint density at radius 2 is 1.62 bits per heavy atom. The Morgan fingerprint density at radius 1 is 1.00 bits per heavy atom. The van der Waals surface area contributed by atoms with Crippen LogP contribution in [0.4, 0.5) is 0 Å². The van der Waals surface area contributed by atoms with Gasteiger partial charge < -0.3 is 21.3 Å². The number of guanidine groups is 1. The Hall–Kier alpha value is -1.84. The van der Waals surface area contributed by atoms with Crippen molar-refractivity contribution >= 4 is 41.8 Å². The van der Waals surface area contributed by atoms with Crippen LogP contribution in [-0.4, -0.2) is 49.5 Å². The van der Waals surface area contributed by atoms with Gasteiger partial charge in [0.15, 0.2) is 5.96 Å². The molecule has 26 heavy (non-hydrogen) atoms. The summed E-state index contributed by atoms with van der Waals surface area (Å²) >= 11 is 0. The van der Waals surface area contributed by atoms with E-state index in [2.05, 4.69) is 26.3 Å². The van der Waals surface area contributed by atoms with Gasteiger partial charge in [0.25, 0.3) is 5.91 Å². The zero-order valence-corrected chi connectivity index (χ0v) is 18.2. The van der Waals surface area contributed by atoms with Crippen molar-refractivity contribution in [1.82, 2.24) is 21.3 Å². The average molecular weight is 475 g/mol. The van der Waals surface area contributed by atoms with Crippen molar-refractivity contribution in [2.24, 2.45) is 4.99 Å². The minimum atomic E-state index is -0.278. The third-order valence-corrected chi connectivity index (χ3v) is 2.98. The van der Waals surface area contributed by atoms with Gasteiger partial charge in [-0.2, -0.15) is 0 Å². The number of carbonyl (C=O) groups excluding carboxylic acids is 2. The molecule has 0 saturated heterocycles. The lowest BCUT2D eigenvalue weighted by Crippen LogP contribution is -2.44. The molecule has 0 spiro atoms. The van der Waals surface area contributed by atoms with Crippen LogP contribution >= 0.6 is 24.0 Å². The molecular formula is C18H30IN5O2. The van der Waals surface area contributed by atoms with Gasteiger partial charge in [0, 0.05) is 30.7 Å². The number of hydrogen-bond acceptors (Lipinski definition) is 3. The molecule has 4 N–H and O–H groups in total. The summed E-state index contributed by atoms with van der Waals surface area (Å²) in [7, 11) is 0. The van der Waals surface area contributed by atoms with Crippen molar-refractivity contribution in [3.63, 3.8) is 0 Å². The van der Waals surface area contributed by atoms with Crippen molar-refractivity contribution in [1.29, 1.82) is 0 Å². The van der Waals surface area contributed by atoms with Gasteiger partial charge in [-0.25, -0.2) is 4.99 Å². The molecule has 0 saturated carbocycles. The van der Waals surface area contributed by atoms with Crippen LogP contribution in [0, 0.1) is 0 Å². The number of nitrogens with zero attached hydrogens (tertiary/aromatic N) is 1. The molecule has 0 aromatic heterocycles. The lowest BCUT2D eigenvalue weighted by atomic mass is 10.1. The molecule has 2 amide bonds. The van der Waals surface area contributed by atoms with E-state index >= 15 is 0 Å². The van der Waals surface area contributed by atoms with Crippen molar-refractivity contribution in [2.75, 3.05) is 26.2 Å². The molecule has 0 aliphatic heterocycles. The number of benzene rings is 1. The van der Waals surface area contributed by atoms with Crippen LogP contribution in [0.3, 0.4) is 0 Å². The van der Waals surface area contributed by atoms with Crippen LogP contribution in [0.1, 0.15) is 38.1 Å². The van der Waals surface area contributed by atoms with Gasteiger partial charge >= 0.3 is 0 Å². The van der Waals surface area contributed by atoms with Gasteiger partial charge in [0.05, 0.1) is 0 Å². The summed E-state index contributed by atoms with van der Waals surface area (Å²) in [6.07, 6.45) is 0. The first-order chi connectivity index (χ1) is 11.8. The monoisotopic (exact) mass is 475 g/mol. The molecule has 7 nitrogen and oxygen atoms in total. The summed E-state index contributed by atoms with van der Waals surface area (Å²) in [5.74, 6) is 0.288. The molecule has 0 heterocycles. The number of rotatable bonds is 7.